The van der Waals surface area contributed by atoms with Gasteiger partial charge in [-0.05, 0) is 24.4 Å². The molecular weight excluding hydrogens is 312 g/mol. The molecule has 0 spiro atoms. The fraction of sp³-hybridized carbons (Fsp3) is 0.412. The molecule has 5 nitrogen and oxygen atoms in total. The monoisotopic (exact) mass is 332 g/mol. The van der Waals surface area contributed by atoms with Crippen molar-refractivity contribution in [1.82, 2.24) is 9.47 Å². The number of likely N-dealkylation sites (tertiary alicyclic amines) is 1. The highest BCUT2D eigenvalue weighted by Crippen LogP contribution is 2.20. The van der Waals surface area contributed by atoms with Gasteiger partial charge in [0, 0.05) is 50.1 Å². The number of aryl methyl sites for hydroxylation is 1. The van der Waals surface area contributed by atoms with E-state index in [2.05, 4.69) is 0 Å². The molecule has 0 radical (unpaired) electrons. The molecule has 0 saturated carbocycles. The fourth-order valence-corrected chi connectivity index (χ4v) is 3.37. The summed E-state index contributed by atoms with van der Waals surface area (Å²) in [5.41, 5.74) is 1.57. The lowest BCUT2D eigenvalue weighted by molar-refractivity contribution is 0.0595. The van der Waals surface area contributed by atoms with E-state index in [0.717, 1.165) is 24.1 Å². The number of piperidine rings is 1. The number of rotatable bonds is 3. The Kier molecular flexibility index (Phi) is 4.52. The molecule has 6 heteroatoms. The van der Waals surface area contributed by atoms with E-state index in [1.54, 1.807) is 11.6 Å². The van der Waals surface area contributed by atoms with Crippen molar-refractivity contribution >= 4 is 17.2 Å². The molecule has 0 atom stereocenters. The normalized spacial score (nSPS) is 15.7. The van der Waals surface area contributed by atoms with Gasteiger partial charge in [-0.3, -0.25) is 9.59 Å². The summed E-state index contributed by atoms with van der Waals surface area (Å²) in [6.45, 7) is 3.25. The molecule has 0 bridgehead atoms. The Labute approximate surface area is 139 Å². The Morgan fingerprint density at radius 3 is 2.65 bits per heavy atom. The first-order valence-electron chi connectivity index (χ1n) is 7.70. The summed E-state index contributed by atoms with van der Waals surface area (Å²) in [7, 11) is 1.75. The third-order valence-corrected chi connectivity index (χ3v) is 4.96. The lowest BCUT2D eigenvalue weighted by atomic mass is 10.1. The molecule has 1 amide bonds. The van der Waals surface area contributed by atoms with Crippen LogP contribution < -0.4 is 10.3 Å². The van der Waals surface area contributed by atoms with Gasteiger partial charge in [0.2, 0.25) is 0 Å². The molecule has 1 aliphatic rings. The van der Waals surface area contributed by atoms with Gasteiger partial charge < -0.3 is 14.2 Å². The van der Waals surface area contributed by atoms with Gasteiger partial charge in [0.05, 0.1) is 5.56 Å². The van der Waals surface area contributed by atoms with Gasteiger partial charge in [0.1, 0.15) is 11.9 Å². The van der Waals surface area contributed by atoms with Gasteiger partial charge in [-0.1, -0.05) is 0 Å². The van der Waals surface area contributed by atoms with Crippen molar-refractivity contribution < 1.29 is 9.53 Å². The minimum atomic E-state index is -0.0647. The van der Waals surface area contributed by atoms with Crippen LogP contribution in [0, 0.1) is 6.92 Å². The van der Waals surface area contributed by atoms with Crippen molar-refractivity contribution in [3.05, 3.63) is 50.6 Å². The summed E-state index contributed by atoms with van der Waals surface area (Å²) in [5, 5.41) is 3.80. The Hall–Kier alpha value is -2.08. The minimum absolute atomic E-state index is 0.0491. The van der Waals surface area contributed by atoms with E-state index in [-0.39, 0.29) is 17.6 Å². The molecule has 1 saturated heterocycles. The summed E-state index contributed by atoms with van der Waals surface area (Å²) in [4.78, 5) is 26.0. The molecule has 0 aromatic carbocycles. The van der Waals surface area contributed by atoms with Crippen molar-refractivity contribution in [2.45, 2.75) is 25.9 Å². The van der Waals surface area contributed by atoms with Crippen molar-refractivity contribution in [2.75, 3.05) is 13.1 Å². The second-order valence-electron chi connectivity index (χ2n) is 5.85. The highest BCUT2D eigenvalue weighted by Gasteiger charge is 2.25. The number of hydrogen-bond acceptors (Lipinski definition) is 4. The molecule has 2 aromatic rings. The predicted octanol–water partition coefficient (Wildman–Crippen LogP) is 2.44. The Morgan fingerprint density at radius 2 is 2.04 bits per heavy atom. The van der Waals surface area contributed by atoms with Gasteiger partial charge in [0.25, 0.3) is 11.5 Å². The third kappa shape index (κ3) is 3.47. The quantitative estimate of drug-likeness (QED) is 0.867. The second-order valence-corrected chi connectivity index (χ2v) is 6.63. The summed E-state index contributed by atoms with van der Waals surface area (Å²) in [5.74, 6) is 0.710. The number of nitrogens with zero attached hydrogens (tertiary/aromatic N) is 2. The number of carbonyl (C=O) groups excluding carboxylic acids is 1. The van der Waals surface area contributed by atoms with Gasteiger partial charge >= 0.3 is 0 Å². The highest BCUT2D eigenvalue weighted by molar-refractivity contribution is 7.08. The SMILES string of the molecule is Cc1cc(OC2CCN(C(=O)c3ccsc3)CC2)cc(=O)n1C. The summed E-state index contributed by atoms with van der Waals surface area (Å²) >= 11 is 1.53. The first kappa shape index (κ1) is 15.8. The van der Waals surface area contributed by atoms with Crippen LogP contribution in [0.15, 0.2) is 33.8 Å². The van der Waals surface area contributed by atoms with Crippen molar-refractivity contribution in [2.24, 2.45) is 7.05 Å². The maximum Gasteiger partial charge on any atom is 0.254 e. The van der Waals surface area contributed by atoms with Crippen LogP contribution >= 0.6 is 11.3 Å². The van der Waals surface area contributed by atoms with Crippen LogP contribution in [-0.4, -0.2) is 34.6 Å². The molecule has 1 aliphatic heterocycles. The van der Waals surface area contributed by atoms with Gasteiger partial charge in [-0.15, -0.1) is 0 Å². The number of ether oxygens (including phenoxy) is 1. The van der Waals surface area contributed by atoms with Crippen LogP contribution in [0.5, 0.6) is 5.75 Å². The van der Waals surface area contributed by atoms with Gasteiger partial charge in [-0.2, -0.15) is 11.3 Å². The molecule has 3 rings (SSSR count). The summed E-state index contributed by atoms with van der Waals surface area (Å²) in [6, 6.07) is 5.26. The molecule has 3 heterocycles. The van der Waals surface area contributed by atoms with Crippen LogP contribution in [0.2, 0.25) is 0 Å². The molecule has 2 aromatic heterocycles. The zero-order valence-electron chi connectivity index (χ0n) is 13.3. The smallest absolute Gasteiger partial charge is 0.254 e. The molecule has 1 fully saturated rings. The minimum Gasteiger partial charge on any atom is -0.490 e. The van der Waals surface area contributed by atoms with E-state index in [0.29, 0.717) is 18.8 Å². The number of hydrogen-bond donors (Lipinski definition) is 0. The maximum atomic E-state index is 12.3. The number of pyridine rings is 1. The average Bonchev–Trinajstić information content (AvgIpc) is 3.07. The van der Waals surface area contributed by atoms with Crippen molar-refractivity contribution in [1.29, 1.82) is 0 Å². The first-order valence-corrected chi connectivity index (χ1v) is 8.64. The summed E-state index contributed by atoms with van der Waals surface area (Å²) in [6.07, 6.45) is 1.61. The summed E-state index contributed by atoms with van der Waals surface area (Å²) < 4.78 is 7.53. The van der Waals surface area contributed by atoms with E-state index in [1.165, 1.54) is 17.4 Å². The molecule has 0 aliphatic carbocycles. The van der Waals surface area contributed by atoms with Crippen LogP contribution in [-0.2, 0) is 7.05 Å². The molecule has 0 N–H and O–H groups in total. The molecular formula is C17H20N2O3S. The molecule has 23 heavy (non-hydrogen) atoms. The number of thiophene rings is 1. The van der Waals surface area contributed by atoms with E-state index < -0.39 is 0 Å². The standard InChI is InChI=1S/C17H20N2O3S/c1-12-9-15(10-16(20)18(12)2)22-14-3-6-19(7-4-14)17(21)13-5-8-23-11-13/h5,8-11,14H,3-4,6-7H2,1-2H3. The van der Waals surface area contributed by atoms with Crippen molar-refractivity contribution in [3.8, 4) is 5.75 Å². The van der Waals surface area contributed by atoms with Crippen molar-refractivity contribution in [3.63, 3.8) is 0 Å². The number of carbonyl (C=O) groups is 1. The van der Waals surface area contributed by atoms with Gasteiger partial charge in [0.15, 0.2) is 0 Å². The van der Waals surface area contributed by atoms with Crippen LogP contribution in [0.3, 0.4) is 0 Å². The van der Waals surface area contributed by atoms with E-state index in [4.69, 9.17) is 4.74 Å². The first-order chi connectivity index (χ1) is 11.0. The largest absolute Gasteiger partial charge is 0.490 e. The van der Waals surface area contributed by atoms with Crippen LogP contribution in [0.4, 0.5) is 0 Å². The Morgan fingerprint density at radius 1 is 1.30 bits per heavy atom. The topological polar surface area (TPSA) is 51.5 Å². The zero-order chi connectivity index (χ0) is 16.4. The van der Waals surface area contributed by atoms with E-state index in [9.17, 15) is 9.59 Å². The Balaban J connectivity index is 1.59. The number of aromatic nitrogens is 1. The predicted molar refractivity (Wildman–Crippen MR) is 90.3 cm³/mol. The molecule has 122 valence electrons. The average molecular weight is 332 g/mol. The fourth-order valence-electron chi connectivity index (χ4n) is 2.74. The second kappa shape index (κ2) is 6.58. The van der Waals surface area contributed by atoms with Crippen LogP contribution in [0.25, 0.3) is 0 Å². The van der Waals surface area contributed by atoms with E-state index in [1.807, 2.05) is 34.7 Å². The molecule has 0 unspecified atom stereocenters. The lowest BCUT2D eigenvalue weighted by Crippen LogP contribution is -2.41. The van der Waals surface area contributed by atoms with Gasteiger partial charge in [-0.25, -0.2) is 0 Å². The highest BCUT2D eigenvalue weighted by atomic mass is 32.1. The van der Waals surface area contributed by atoms with Crippen LogP contribution in [0.1, 0.15) is 28.9 Å². The zero-order valence-corrected chi connectivity index (χ0v) is 14.1. The number of amides is 1. The Bertz CT molecular complexity index is 744. The third-order valence-electron chi connectivity index (χ3n) is 4.28. The maximum absolute atomic E-state index is 12.3. The van der Waals surface area contributed by atoms with E-state index >= 15 is 0 Å². The lowest BCUT2D eigenvalue weighted by Gasteiger charge is -2.32.